The molecule has 28 heavy (non-hydrogen) atoms. The molecule has 144 valence electrons. The first-order valence-electron chi connectivity index (χ1n) is 7.77. The number of ether oxygens (including phenoxy) is 2. The Morgan fingerprint density at radius 3 is 2.61 bits per heavy atom. The van der Waals surface area contributed by atoms with E-state index < -0.39 is 6.36 Å². The second-order valence-corrected chi connectivity index (χ2v) is 5.41. The monoisotopic (exact) mass is 392 g/mol. The normalized spacial score (nSPS) is 11.6. The van der Waals surface area contributed by atoms with Crippen LogP contribution in [0.25, 0.3) is 22.5 Å². The molecule has 0 aliphatic carbocycles. The van der Waals surface area contributed by atoms with Gasteiger partial charge in [0.15, 0.2) is 5.52 Å². The quantitative estimate of drug-likeness (QED) is 0.529. The first-order valence-corrected chi connectivity index (χ1v) is 7.77. The molecule has 0 bridgehead atoms. The summed E-state index contributed by atoms with van der Waals surface area (Å²) in [6.45, 7) is 0. The van der Waals surface area contributed by atoms with Gasteiger partial charge in [0, 0.05) is 11.8 Å². The Labute approximate surface area is 154 Å². The first-order chi connectivity index (χ1) is 13.4. The highest BCUT2D eigenvalue weighted by Gasteiger charge is 2.31. The summed E-state index contributed by atoms with van der Waals surface area (Å²) in [5.41, 5.74) is 1.63. The number of nitrogens with one attached hydrogen (secondary N) is 2. The number of anilines is 2. The van der Waals surface area contributed by atoms with Crippen LogP contribution in [0.5, 0.6) is 11.6 Å². The SMILES string of the molecule is COc1nccc2[nH]c(Nc3nnc(-c4ccc(OC(F)(F)F)cc4)o3)nc12. The minimum absolute atomic E-state index is 0.0385. The van der Waals surface area contributed by atoms with Crippen LogP contribution in [0, 0.1) is 0 Å². The Morgan fingerprint density at radius 2 is 1.89 bits per heavy atom. The van der Waals surface area contributed by atoms with E-state index in [9.17, 15) is 13.2 Å². The molecular formula is C16H11F3N6O3. The number of aromatic nitrogens is 5. The number of alkyl halides is 3. The molecule has 9 nitrogen and oxygen atoms in total. The van der Waals surface area contributed by atoms with Gasteiger partial charge in [-0.1, -0.05) is 5.10 Å². The summed E-state index contributed by atoms with van der Waals surface area (Å²) >= 11 is 0. The summed E-state index contributed by atoms with van der Waals surface area (Å²) in [4.78, 5) is 11.4. The fourth-order valence-corrected chi connectivity index (χ4v) is 2.41. The molecule has 0 fully saturated rings. The molecule has 0 amide bonds. The van der Waals surface area contributed by atoms with E-state index in [-0.39, 0.29) is 17.7 Å². The maximum Gasteiger partial charge on any atom is 0.573 e. The topological polar surface area (TPSA) is 111 Å². The molecule has 0 unspecified atom stereocenters. The Morgan fingerprint density at radius 1 is 1.11 bits per heavy atom. The number of methoxy groups -OCH3 is 1. The second-order valence-electron chi connectivity index (χ2n) is 5.41. The van der Waals surface area contributed by atoms with E-state index in [1.54, 1.807) is 12.3 Å². The number of nitrogens with zero attached hydrogens (tertiary/aromatic N) is 4. The molecule has 0 aliphatic rings. The van der Waals surface area contributed by atoms with Crippen LogP contribution in [-0.2, 0) is 0 Å². The highest BCUT2D eigenvalue weighted by molar-refractivity contribution is 5.82. The third-order valence-electron chi connectivity index (χ3n) is 3.55. The standard InChI is InChI=1S/C16H11F3N6O3/c1-26-13-11-10(6-7-20-13)21-14(22-11)23-15-25-24-12(27-15)8-2-4-9(5-3-8)28-16(17,18)19/h2-7H,1H3,(H2,21,22,23,25). The van der Waals surface area contributed by atoms with E-state index in [0.29, 0.717) is 28.4 Å². The molecule has 0 radical (unpaired) electrons. The number of aromatic amines is 1. The van der Waals surface area contributed by atoms with Crippen molar-refractivity contribution in [1.82, 2.24) is 25.1 Å². The van der Waals surface area contributed by atoms with E-state index in [1.165, 1.54) is 19.2 Å². The Hall–Kier alpha value is -3.83. The van der Waals surface area contributed by atoms with Gasteiger partial charge in [0.25, 0.3) is 0 Å². The molecular weight excluding hydrogens is 381 g/mol. The number of benzene rings is 1. The van der Waals surface area contributed by atoms with Crippen molar-refractivity contribution < 1.29 is 27.1 Å². The lowest BCUT2D eigenvalue weighted by molar-refractivity contribution is -0.274. The second kappa shape index (κ2) is 6.72. The molecule has 0 saturated carbocycles. The highest BCUT2D eigenvalue weighted by atomic mass is 19.4. The van der Waals surface area contributed by atoms with E-state index in [4.69, 9.17) is 9.15 Å². The number of rotatable bonds is 5. The van der Waals surface area contributed by atoms with Crippen molar-refractivity contribution in [3.8, 4) is 23.1 Å². The number of hydrogen-bond acceptors (Lipinski definition) is 8. The molecule has 0 aliphatic heterocycles. The average molecular weight is 392 g/mol. The van der Waals surface area contributed by atoms with Gasteiger partial charge in [-0.15, -0.1) is 18.3 Å². The Balaban J connectivity index is 1.52. The van der Waals surface area contributed by atoms with Crippen molar-refractivity contribution in [3.05, 3.63) is 36.5 Å². The highest BCUT2D eigenvalue weighted by Crippen LogP contribution is 2.28. The summed E-state index contributed by atoms with van der Waals surface area (Å²) in [5, 5.41) is 10.5. The number of H-pyrrole nitrogens is 1. The van der Waals surface area contributed by atoms with E-state index in [2.05, 4.69) is 35.2 Å². The fraction of sp³-hybridized carbons (Fsp3) is 0.125. The molecule has 0 spiro atoms. The Kier molecular flexibility index (Phi) is 4.22. The smallest absolute Gasteiger partial charge is 0.479 e. The molecule has 3 aromatic heterocycles. The molecule has 0 atom stereocenters. The average Bonchev–Trinajstić information content (AvgIpc) is 3.27. The lowest BCUT2D eigenvalue weighted by Crippen LogP contribution is -2.16. The third kappa shape index (κ3) is 3.65. The zero-order chi connectivity index (χ0) is 19.7. The van der Waals surface area contributed by atoms with Crippen LogP contribution in [0.3, 0.4) is 0 Å². The number of halogens is 3. The van der Waals surface area contributed by atoms with Gasteiger partial charge in [0.05, 0.1) is 12.6 Å². The van der Waals surface area contributed by atoms with Crippen LogP contribution in [0.15, 0.2) is 40.9 Å². The van der Waals surface area contributed by atoms with Crippen molar-refractivity contribution in [2.45, 2.75) is 6.36 Å². The maximum absolute atomic E-state index is 12.2. The van der Waals surface area contributed by atoms with Crippen molar-refractivity contribution in [2.75, 3.05) is 12.4 Å². The van der Waals surface area contributed by atoms with Gasteiger partial charge in [-0.2, -0.15) is 0 Å². The van der Waals surface area contributed by atoms with E-state index in [1.807, 2.05) is 0 Å². The maximum atomic E-state index is 12.2. The van der Waals surface area contributed by atoms with Gasteiger partial charge in [-0.25, -0.2) is 9.97 Å². The van der Waals surface area contributed by atoms with Gasteiger partial charge < -0.3 is 18.9 Å². The van der Waals surface area contributed by atoms with E-state index >= 15 is 0 Å². The Bertz CT molecular complexity index is 1110. The van der Waals surface area contributed by atoms with Crippen molar-refractivity contribution in [2.24, 2.45) is 0 Å². The molecule has 12 heteroatoms. The predicted molar refractivity (Wildman–Crippen MR) is 90.1 cm³/mol. The molecule has 1 aromatic carbocycles. The van der Waals surface area contributed by atoms with Gasteiger partial charge in [0.1, 0.15) is 5.75 Å². The lowest BCUT2D eigenvalue weighted by atomic mass is 10.2. The molecule has 4 aromatic rings. The van der Waals surface area contributed by atoms with Gasteiger partial charge in [-0.3, -0.25) is 5.32 Å². The first kappa shape index (κ1) is 17.6. The minimum atomic E-state index is -4.76. The number of imidazole rings is 1. The third-order valence-corrected chi connectivity index (χ3v) is 3.55. The van der Waals surface area contributed by atoms with Crippen LogP contribution in [-0.4, -0.2) is 38.6 Å². The van der Waals surface area contributed by atoms with Crippen LogP contribution < -0.4 is 14.8 Å². The van der Waals surface area contributed by atoms with Crippen LogP contribution in [0.4, 0.5) is 25.1 Å². The van der Waals surface area contributed by atoms with Gasteiger partial charge in [0.2, 0.25) is 17.7 Å². The number of pyridine rings is 1. The fourth-order valence-electron chi connectivity index (χ4n) is 2.41. The zero-order valence-corrected chi connectivity index (χ0v) is 14.1. The van der Waals surface area contributed by atoms with Crippen molar-refractivity contribution in [3.63, 3.8) is 0 Å². The minimum Gasteiger partial charge on any atom is -0.479 e. The van der Waals surface area contributed by atoms with Crippen LogP contribution >= 0.6 is 0 Å². The zero-order valence-electron chi connectivity index (χ0n) is 14.1. The summed E-state index contributed by atoms with van der Waals surface area (Å²) in [6, 6.07) is 6.81. The molecule has 4 rings (SSSR count). The van der Waals surface area contributed by atoms with Crippen molar-refractivity contribution in [1.29, 1.82) is 0 Å². The molecule has 0 saturated heterocycles. The van der Waals surface area contributed by atoms with Crippen molar-refractivity contribution >= 4 is 23.0 Å². The van der Waals surface area contributed by atoms with Crippen LogP contribution in [0.1, 0.15) is 0 Å². The van der Waals surface area contributed by atoms with Gasteiger partial charge >= 0.3 is 12.4 Å². The molecule has 2 N–H and O–H groups in total. The van der Waals surface area contributed by atoms with Crippen LogP contribution in [0.2, 0.25) is 0 Å². The summed E-state index contributed by atoms with van der Waals surface area (Å²) in [7, 11) is 1.48. The summed E-state index contributed by atoms with van der Waals surface area (Å²) < 4.78 is 51.0. The largest absolute Gasteiger partial charge is 0.573 e. The number of fused-ring (bicyclic) bond motifs is 1. The van der Waals surface area contributed by atoms with E-state index in [0.717, 1.165) is 12.1 Å². The lowest BCUT2D eigenvalue weighted by Gasteiger charge is -2.08. The number of hydrogen-bond donors (Lipinski definition) is 2. The summed E-state index contributed by atoms with van der Waals surface area (Å²) in [6.07, 6.45) is -3.19. The summed E-state index contributed by atoms with van der Waals surface area (Å²) in [5.74, 6) is 0.440. The predicted octanol–water partition coefficient (Wildman–Crippen LogP) is 3.66. The molecule has 3 heterocycles. The van der Waals surface area contributed by atoms with Gasteiger partial charge in [-0.05, 0) is 30.3 Å².